The van der Waals surface area contributed by atoms with E-state index < -0.39 is 17.5 Å². The quantitative estimate of drug-likeness (QED) is 0.660. The molecule has 0 aliphatic carbocycles. The Morgan fingerprint density at radius 1 is 1.67 bits per heavy atom. The van der Waals surface area contributed by atoms with E-state index in [4.69, 9.17) is 5.11 Å². The van der Waals surface area contributed by atoms with Gasteiger partial charge < -0.3 is 15.5 Å². The third kappa shape index (κ3) is 3.00. The number of rotatable bonds is 4. The summed E-state index contributed by atoms with van der Waals surface area (Å²) in [5.74, 6) is -1.83. The van der Waals surface area contributed by atoms with Crippen LogP contribution in [0.1, 0.15) is 16.6 Å². The molecule has 0 aliphatic heterocycles. The van der Waals surface area contributed by atoms with Crippen molar-refractivity contribution in [2.24, 2.45) is 0 Å². The zero-order valence-electron chi connectivity index (χ0n) is 7.93. The smallest absolute Gasteiger partial charge is 0.337 e. The van der Waals surface area contributed by atoms with E-state index in [0.29, 0.717) is 4.88 Å². The van der Waals surface area contributed by atoms with Crippen molar-refractivity contribution in [1.29, 1.82) is 0 Å². The van der Waals surface area contributed by atoms with Crippen LogP contribution >= 0.6 is 11.3 Å². The van der Waals surface area contributed by atoms with E-state index in [1.54, 1.807) is 0 Å². The summed E-state index contributed by atoms with van der Waals surface area (Å²) in [5.41, 5.74) is -0.468. The fraction of sp³-hybridized carbons (Fsp3) is 0.375. The van der Waals surface area contributed by atoms with Crippen LogP contribution in [0.5, 0.6) is 0 Å². The lowest BCUT2D eigenvalue weighted by Gasteiger charge is -2.17. The van der Waals surface area contributed by atoms with Gasteiger partial charge in [-0.2, -0.15) is 0 Å². The maximum atomic E-state index is 11.3. The Labute approximate surface area is 89.6 Å². The second kappa shape index (κ2) is 4.37. The van der Waals surface area contributed by atoms with Crippen molar-refractivity contribution >= 4 is 23.2 Å². The molecule has 1 aromatic heterocycles. The highest BCUT2D eigenvalue weighted by Gasteiger charge is 2.30. The summed E-state index contributed by atoms with van der Waals surface area (Å²) < 4.78 is 0. The summed E-state index contributed by atoms with van der Waals surface area (Å²) in [5, 5.41) is 20.2. The number of hydrogen-bond donors (Lipinski definition) is 3. The monoisotopic (exact) mass is 230 g/mol. The van der Waals surface area contributed by atoms with E-state index in [1.165, 1.54) is 11.7 Å². The Kier molecular flexibility index (Phi) is 3.38. The van der Waals surface area contributed by atoms with E-state index in [9.17, 15) is 14.7 Å². The van der Waals surface area contributed by atoms with Crippen molar-refractivity contribution in [2.75, 3.05) is 6.54 Å². The topological polar surface area (TPSA) is 99.5 Å². The first-order valence-electron chi connectivity index (χ1n) is 4.06. The number of carbonyl (C=O) groups excluding carboxylic acids is 1. The van der Waals surface area contributed by atoms with Crippen molar-refractivity contribution in [2.45, 2.75) is 12.5 Å². The molecule has 7 heteroatoms. The highest BCUT2D eigenvalue weighted by Crippen LogP contribution is 2.06. The Morgan fingerprint density at radius 2 is 2.33 bits per heavy atom. The Balaban J connectivity index is 2.51. The number of aromatic nitrogens is 1. The minimum Gasteiger partial charge on any atom is -0.479 e. The molecule has 1 heterocycles. The normalized spacial score (nSPS) is 14.3. The molecule has 0 bridgehead atoms. The third-order valence-electron chi connectivity index (χ3n) is 1.71. The maximum absolute atomic E-state index is 11.3. The number of hydrogen-bond acceptors (Lipinski definition) is 5. The predicted molar refractivity (Wildman–Crippen MR) is 52.7 cm³/mol. The van der Waals surface area contributed by atoms with Gasteiger partial charge in [0.1, 0.15) is 4.88 Å². The predicted octanol–water partition coefficient (Wildman–Crippen LogP) is -0.291. The molecule has 0 radical (unpaired) electrons. The molecule has 0 spiro atoms. The number of carbonyl (C=O) groups is 2. The third-order valence-corrected chi connectivity index (χ3v) is 2.48. The van der Waals surface area contributed by atoms with E-state index >= 15 is 0 Å². The molecular weight excluding hydrogens is 220 g/mol. The van der Waals surface area contributed by atoms with E-state index in [0.717, 1.165) is 18.3 Å². The molecular formula is C8H10N2O4S. The fourth-order valence-corrected chi connectivity index (χ4v) is 1.28. The van der Waals surface area contributed by atoms with E-state index in [1.807, 2.05) is 0 Å². The van der Waals surface area contributed by atoms with Gasteiger partial charge in [0.2, 0.25) is 0 Å². The molecule has 6 nitrogen and oxygen atoms in total. The van der Waals surface area contributed by atoms with Crippen LogP contribution in [0.25, 0.3) is 0 Å². The van der Waals surface area contributed by atoms with Crippen molar-refractivity contribution in [3.8, 4) is 0 Å². The number of carboxylic acids is 1. The lowest BCUT2D eigenvalue weighted by Crippen LogP contribution is -2.46. The molecule has 15 heavy (non-hydrogen) atoms. The van der Waals surface area contributed by atoms with Crippen molar-refractivity contribution in [1.82, 2.24) is 10.3 Å². The highest BCUT2D eigenvalue weighted by molar-refractivity contribution is 7.11. The average Bonchev–Trinajstić information content (AvgIpc) is 2.66. The Morgan fingerprint density at radius 3 is 2.80 bits per heavy atom. The molecule has 0 aliphatic rings. The van der Waals surface area contributed by atoms with Crippen LogP contribution in [-0.4, -0.2) is 39.2 Å². The van der Waals surface area contributed by atoms with Crippen LogP contribution in [0.4, 0.5) is 0 Å². The SMILES string of the molecule is CC(O)(CNC(=O)c1cncs1)C(=O)O. The molecule has 0 saturated carbocycles. The van der Waals surface area contributed by atoms with Crippen LogP contribution in [0, 0.1) is 0 Å². The van der Waals surface area contributed by atoms with Crippen LogP contribution in [-0.2, 0) is 4.79 Å². The standard InChI is InChI=1S/C8H10N2O4S/c1-8(14,7(12)13)3-10-6(11)5-2-9-4-15-5/h2,4,14H,3H2,1H3,(H,10,11)(H,12,13). The Bertz CT molecular complexity index is 361. The minimum absolute atomic E-state index is 0.348. The van der Waals surface area contributed by atoms with Gasteiger partial charge >= 0.3 is 5.97 Å². The molecule has 3 N–H and O–H groups in total. The van der Waals surface area contributed by atoms with Gasteiger partial charge in [-0.1, -0.05) is 0 Å². The van der Waals surface area contributed by atoms with Crippen LogP contribution in [0.2, 0.25) is 0 Å². The molecule has 1 amide bonds. The second-order valence-electron chi connectivity index (χ2n) is 3.13. The van der Waals surface area contributed by atoms with Crippen LogP contribution in [0.3, 0.4) is 0 Å². The van der Waals surface area contributed by atoms with Gasteiger partial charge in [0.25, 0.3) is 5.91 Å². The maximum Gasteiger partial charge on any atom is 0.337 e. The molecule has 1 unspecified atom stereocenters. The largest absolute Gasteiger partial charge is 0.479 e. The van der Waals surface area contributed by atoms with E-state index in [2.05, 4.69) is 10.3 Å². The first-order chi connectivity index (χ1) is 6.93. The molecule has 0 saturated heterocycles. The molecule has 0 aromatic carbocycles. The fourth-order valence-electron chi connectivity index (χ4n) is 0.743. The van der Waals surface area contributed by atoms with Gasteiger partial charge in [0.05, 0.1) is 18.3 Å². The van der Waals surface area contributed by atoms with Crippen LogP contribution < -0.4 is 5.32 Å². The minimum atomic E-state index is -1.96. The number of aliphatic hydroxyl groups is 1. The average molecular weight is 230 g/mol. The molecule has 1 aromatic rings. The summed E-state index contributed by atoms with van der Waals surface area (Å²) >= 11 is 1.14. The molecule has 1 atom stereocenters. The second-order valence-corrected chi connectivity index (χ2v) is 4.01. The van der Waals surface area contributed by atoms with Crippen LogP contribution in [0.15, 0.2) is 11.7 Å². The highest BCUT2D eigenvalue weighted by atomic mass is 32.1. The summed E-state index contributed by atoms with van der Waals surface area (Å²) in [6.45, 7) is 0.765. The van der Waals surface area contributed by atoms with Crippen molar-refractivity contribution in [3.05, 3.63) is 16.6 Å². The lowest BCUT2D eigenvalue weighted by molar-refractivity contribution is -0.155. The summed E-state index contributed by atoms with van der Waals surface area (Å²) in [7, 11) is 0. The number of carboxylic acid groups (broad SMARTS) is 1. The molecule has 82 valence electrons. The van der Waals surface area contributed by atoms with Gasteiger partial charge in [0.15, 0.2) is 5.60 Å². The lowest BCUT2D eigenvalue weighted by atomic mass is 10.1. The van der Waals surface area contributed by atoms with E-state index in [-0.39, 0.29) is 6.54 Å². The summed E-state index contributed by atoms with van der Waals surface area (Å²) in [4.78, 5) is 25.9. The molecule has 0 fully saturated rings. The zero-order valence-corrected chi connectivity index (χ0v) is 8.74. The number of thiazole rings is 1. The van der Waals surface area contributed by atoms with Gasteiger partial charge in [0, 0.05) is 0 Å². The first-order valence-corrected chi connectivity index (χ1v) is 4.94. The number of nitrogens with zero attached hydrogens (tertiary/aromatic N) is 1. The molecule has 1 rings (SSSR count). The number of aliphatic carboxylic acids is 1. The first kappa shape index (κ1) is 11.6. The van der Waals surface area contributed by atoms with Gasteiger partial charge in [-0.3, -0.25) is 9.78 Å². The van der Waals surface area contributed by atoms with Crippen molar-refractivity contribution in [3.63, 3.8) is 0 Å². The zero-order chi connectivity index (χ0) is 11.5. The van der Waals surface area contributed by atoms with Gasteiger partial charge in [-0.05, 0) is 6.92 Å². The number of amides is 1. The summed E-state index contributed by atoms with van der Waals surface area (Å²) in [6.07, 6.45) is 1.37. The Hall–Kier alpha value is -1.47. The summed E-state index contributed by atoms with van der Waals surface area (Å²) in [6, 6.07) is 0. The number of nitrogens with one attached hydrogen (secondary N) is 1. The van der Waals surface area contributed by atoms with Crippen molar-refractivity contribution < 1.29 is 19.8 Å². The van der Waals surface area contributed by atoms with Gasteiger partial charge in [-0.25, -0.2) is 4.79 Å². The van der Waals surface area contributed by atoms with Gasteiger partial charge in [-0.15, -0.1) is 11.3 Å².